The van der Waals surface area contributed by atoms with Gasteiger partial charge in [0.05, 0.1) is 28.4 Å². The maximum absolute atomic E-state index is 10.0. The summed E-state index contributed by atoms with van der Waals surface area (Å²) in [5.41, 5.74) is 1.28. The molecule has 3 nitrogen and oxygen atoms in total. The highest BCUT2D eigenvalue weighted by molar-refractivity contribution is 6.33. The molecule has 0 bridgehead atoms. The van der Waals surface area contributed by atoms with Crippen molar-refractivity contribution in [1.82, 2.24) is 0 Å². The van der Waals surface area contributed by atoms with Crippen LogP contribution in [0, 0.1) is 17.2 Å². The number of nitrogens with one attached hydrogen (secondary N) is 1. The Morgan fingerprint density at radius 1 is 1.42 bits per heavy atom. The van der Waals surface area contributed by atoms with Crippen LogP contribution in [-0.2, 0) is 0 Å². The summed E-state index contributed by atoms with van der Waals surface area (Å²) in [5, 5.41) is 22.6. The van der Waals surface area contributed by atoms with E-state index in [1.807, 2.05) is 0 Å². The zero-order valence-corrected chi connectivity index (χ0v) is 11.7. The van der Waals surface area contributed by atoms with Crippen LogP contribution < -0.4 is 5.32 Å². The second-order valence-electron chi connectivity index (χ2n) is 5.23. The summed E-state index contributed by atoms with van der Waals surface area (Å²) < 4.78 is 0. The van der Waals surface area contributed by atoms with Crippen molar-refractivity contribution in [2.75, 3.05) is 11.9 Å². The molecule has 0 spiro atoms. The molecule has 1 aromatic rings. The first kappa shape index (κ1) is 14.2. The van der Waals surface area contributed by atoms with Crippen LogP contribution in [0.4, 0.5) is 5.69 Å². The van der Waals surface area contributed by atoms with E-state index in [2.05, 4.69) is 11.4 Å². The largest absolute Gasteiger partial charge is 0.391 e. The molecule has 1 atom stereocenters. The molecule has 0 heterocycles. The van der Waals surface area contributed by atoms with Gasteiger partial charge in [-0.25, -0.2) is 0 Å². The third-order valence-corrected chi connectivity index (χ3v) is 4.03. The summed E-state index contributed by atoms with van der Waals surface area (Å²) in [5.74, 6) is 0.665. The topological polar surface area (TPSA) is 56.0 Å². The van der Waals surface area contributed by atoms with Gasteiger partial charge in [0.25, 0.3) is 0 Å². The maximum Gasteiger partial charge on any atom is 0.0992 e. The van der Waals surface area contributed by atoms with Crippen LogP contribution in [0.3, 0.4) is 0 Å². The zero-order valence-electron chi connectivity index (χ0n) is 10.9. The number of aliphatic hydroxyl groups excluding tert-OH is 1. The Hall–Kier alpha value is -1.24. The molecule has 0 radical (unpaired) electrons. The lowest BCUT2D eigenvalue weighted by atomic mass is 10.00. The molecule has 1 saturated carbocycles. The van der Waals surface area contributed by atoms with E-state index in [9.17, 15) is 5.11 Å². The van der Waals surface area contributed by atoms with E-state index in [0.29, 0.717) is 28.7 Å². The van der Waals surface area contributed by atoms with Crippen molar-refractivity contribution >= 4 is 17.3 Å². The molecular formula is C15H19ClN2O. The van der Waals surface area contributed by atoms with Gasteiger partial charge in [0, 0.05) is 6.54 Å². The Labute approximate surface area is 119 Å². The molecule has 2 rings (SSSR count). The summed E-state index contributed by atoms with van der Waals surface area (Å²) in [6, 6.07) is 7.18. The maximum atomic E-state index is 10.0. The van der Waals surface area contributed by atoms with Crippen LogP contribution in [0.5, 0.6) is 0 Å². The normalized spacial score (nSPS) is 17.1. The number of anilines is 1. The monoisotopic (exact) mass is 278 g/mol. The van der Waals surface area contributed by atoms with Gasteiger partial charge >= 0.3 is 0 Å². The number of benzene rings is 1. The Morgan fingerprint density at radius 3 is 2.84 bits per heavy atom. The van der Waals surface area contributed by atoms with Crippen LogP contribution in [-0.4, -0.2) is 17.8 Å². The van der Waals surface area contributed by atoms with Crippen LogP contribution in [0.1, 0.15) is 37.7 Å². The number of hydrogen-bond donors (Lipinski definition) is 2. The minimum atomic E-state index is -0.357. The van der Waals surface area contributed by atoms with Gasteiger partial charge in [0.2, 0.25) is 0 Å². The van der Waals surface area contributed by atoms with E-state index in [4.69, 9.17) is 16.9 Å². The number of halogens is 1. The van der Waals surface area contributed by atoms with Gasteiger partial charge in [-0.05, 0) is 30.5 Å². The fourth-order valence-electron chi connectivity index (χ4n) is 2.67. The Kier molecular flexibility index (Phi) is 5.07. The summed E-state index contributed by atoms with van der Waals surface area (Å²) >= 11 is 6.05. The quantitative estimate of drug-likeness (QED) is 0.866. The molecule has 4 heteroatoms. The third-order valence-electron chi connectivity index (χ3n) is 3.70. The third kappa shape index (κ3) is 4.12. The minimum absolute atomic E-state index is 0.357. The first-order valence-electron chi connectivity index (χ1n) is 6.80. The second kappa shape index (κ2) is 6.79. The first-order valence-corrected chi connectivity index (χ1v) is 7.18. The van der Waals surface area contributed by atoms with Crippen LogP contribution in [0.15, 0.2) is 18.2 Å². The van der Waals surface area contributed by atoms with E-state index in [1.54, 1.807) is 18.2 Å². The Balaban J connectivity index is 1.85. The summed E-state index contributed by atoms with van der Waals surface area (Å²) in [7, 11) is 0. The highest BCUT2D eigenvalue weighted by atomic mass is 35.5. The molecule has 1 fully saturated rings. The number of hydrogen-bond acceptors (Lipinski definition) is 3. The van der Waals surface area contributed by atoms with Crippen molar-refractivity contribution in [1.29, 1.82) is 5.26 Å². The average Bonchev–Trinajstić information content (AvgIpc) is 2.90. The highest BCUT2D eigenvalue weighted by Crippen LogP contribution is 2.29. The van der Waals surface area contributed by atoms with Crippen LogP contribution in [0.2, 0.25) is 5.02 Å². The van der Waals surface area contributed by atoms with E-state index in [-0.39, 0.29) is 6.10 Å². The van der Waals surface area contributed by atoms with Gasteiger partial charge in [0.15, 0.2) is 0 Å². The van der Waals surface area contributed by atoms with E-state index in [0.717, 1.165) is 6.42 Å². The summed E-state index contributed by atoms with van der Waals surface area (Å²) in [4.78, 5) is 0. The van der Waals surface area contributed by atoms with Gasteiger partial charge in [0.1, 0.15) is 0 Å². The fourth-order valence-corrected chi connectivity index (χ4v) is 2.86. The van der Waals surface area contributed by atoms with Crippen molar-refractivity contribution in [3.63, 3.8) is 0 Å². The lowest BCUT2D eigenvalue weighted by molar-refractivity contribution is 0.155. The fraction of sp³-hybridized carbons (Fsp3) is 0.533. The first-order chi connectivity index (χ1) is 9.19. The number of rotatable bonds is 5. The van der Waals surface area contributed by atoms with E-state index >= 15 is 0 Å². The number of aliphatic hydroxyl groups is 1. The standard InChI is InChI=1S/C15H19ClN2O/c16-14-6-5-12(9-17)8-15(14)18-10-13(19)7-11-3-1-2-4-11/h5-6,8,11,13,18-19H,1-4,7,10H2. The van der Waals surface area contributed by atoms with Gasteiger partial charge in [-0.3, -0.25) is 0 Å². The van der Waals surface area contributed by atoms with Gasteiger partial charge in [-0.2, -0.15) is 5.26 Å². The zero-order chi connectivity index (χ0) is 13.7. The van der Waals surface area contributed by atoms with Crippen molar-refractivity contribution < 1.29 is 5.11 Å². The molecule has 1 aromatic carbocycles. The molecule has 1 aliphatic carbocycles. The molecular weight excluding hydrogens is 260 g/mol. The highest BCUT2D eigenvalue weighted by Gasteiger charge is 2.18. The second-order valence-corrected chi connectivity index (χ2v) is 5.63. The van der Waals surface area contributed by atoms with Crippen LogP contribution in [0.25, 0.3) is 0 Å². The molecule has 102 valence electrons. The van der Waals surface area contributed by atoms with E-state index < -0.39 is 0 Å². The summed E-state index contributed by atoms with van der Waals surface area (Å²) in [6.45, 7) is 0.477. The lowest BCUT2D eigenvalue weighted by Crippen LogP contribution is -2.22. The van der Waals surface area contributed by atoms with Crippen molar-refractivity contribution in [3.8, 4) is 6.07 Å². The summed E-state index contributed by atoms with van der Waals surface area (Å²) in [6.07, 6.45) is 5.55. The number of nitriles is 1. The molecule has 0 saturated heterocycles. The van der Waals surface area contributed by atoms with Crippen LogP contribution >= 0.6 is 11.6 Å². The lowest BCUT2D eigenvalue weighted by Gasteiger charge is -2.17. The van der Waals surface area contributed by atoms with Gasteiger partial charge in [-0.1, -0.05) is 37.3 Å². The SMILES string of the molecule is N#Cc1ccc(Cl)c(NCC(O)CC2CCCC2)c1. The molecule has 0 amide bonds. The molecule has 19 heavy (non-hydrogen) atoms. The molecule has 1 unspecified atom stereocenters. The van der Waals surface area contributed by atoms with Gasteiger partial charge < -0.3 is 10.4 Å². The smallest absolute Gasteiger partial charge is 0.0992 e. The van der Waals surface area contributed by atoms with Crippen molar-refractivity contribution in [3.05, 3.63) is 28.8 Å². The van der Waals surface area contributed by atoms with Crippen molar-refractivity contribution in [2.24, 2.45) is 5.92 Å². The molecule has 2 N–H and O–H groups in total. The minimum Gasteiger partial charge on any atom is -0.391 e. The Bertz CT molecular complexity index is 464. The molecule has 1 aliphatic rings. The van der Waals surface area contributed by atoms with Crippen molar-refractivity contribution in [2.45, 2.75) is 38.2 Å². The molecule has 0 aliphatic heterocycles. The predicted molar refractivity (Wildman–Crippen MR) is 77.2 cm³/mol. The van der Waals surface area contributed by atoms with E-state index in [1.165, 1.54) is 25.7 Å². The van der Waals surface area contributed by atoms with Gasteiger partial charge in [-0.15, -0.1) is 0 Å². The predicted octanol–water partition coefficient (Wildman–Crippen LogP) is 3.56. The molecule has 0 aromatic heterocycles. The Morgan fingerprint density at radius 2 is 2.16 bits per heavy atom. The number of nitrogens with zero attached hydrogens (tertiary/aromatic N) is 1. The average molecular weight is 279 g/mol.